The van der Waals surface area contributed by atoms with E-state index in [1.165, 1.54) is 0 Å². The van der Waals surface area contributed by atoms with Crippen molar-refractivity contribution < 1.29 is 9.63 Å². The van der Waals surface area contributed by atoms with E-state index in [1.807, 2.05) is 55.6 Å². The highest BCUT2D eigenvalue weighted by molar-refractivity contribution is 6.30. The number of aromatic nitrogens is 2. The van der Waals surface area contributed by atoms with Gasteiger partial charge in [0, 0.05) is 24.7 Å². The van der Waals surface area contributed by atoms with Crippen LogP contribution in [0.2, 0.25) is 5.02 Å². The number of nitrogens with one attached hydrogen (secondary N) is 1. The minimum Gasteiger partial charge on any atom is -0.382 e. The lowest BCUT2D eigenvalue weighted by molar-refractivity contribution is -0.131. The number of halogens is 1. The molecule has 6 nitrogen and oxygen atoms in total. The molecule has 0 fully saturated rings. The first-order valence-corrected chi connectivity index (χ1v) is 9.31. The van der Waals surface area contributed by atoms with Crippen LogP contribution in [-0.2, 0) is 16.7 Å². The van der Waals surface area contributed by atoms with E-state index in [2.05, 4.69) is 15.6 Å². The third-order valence-corrected chi connectivity index (χ3v) is 4.96. The summed E-state index contributed by atoms with van der Waals surface area (Å²) in [7, 11) is 1.85. The maximum atomic E-state index is 12.9. The van der Waals surface area contributed by atoms with Crippen molar-refractivity contribution in [1.82, 2.24) is 15.1 Å². The Bertz CT molecular complexity index is 999. The molecule has 1 aliphatic heterocycles. The first-order chi connectivity index (χ1) is 13.6. The minimum atomic E-state index is -0.676. The van der Waals surface area contributed by atoms with Gasteiger partial charge in [0.15, 0.2) is 0 Å². The Labute approximate surface area is 167 Å². The predicted octanol–water partition coefficient (Wildman–Crippen LogP) is 3.47. The van der Waals surface area contributed by atoms with Crippen LogP contribution in [0.25, 0.3) is 0 Å². The largest absolute Gasteiger partial charge is 0.382 e. The average molecular weight is 395 g/mol. The van der Waals surface area contributed by atoms with Crippen molar-refractivity contribution in [3.63, 3.8) is 0 Å². The van der Waals surface area contributed by atoms with Gasteiger partial charge >= 0.3 is 0 Å². The highest BCUT2D eigenvalue weighted by Gasteiger charge is 2.31. The zero-order valence-corrected chi connectivity index (χ0v) is 16.0. The topological polar surface area (TPSA) is 68.5 Å². The van der Waals surface area contributed by atoms with Crippen molar-refractivity contribution in [2.45, 2.75) is 18.6 Å². The number of nitrogens with zero attached hydrogens (tertiary/aromatic N) is 3. The van der Waals surface area contributed by atoms with Gasteiger partial charge in [-0.1, -0.05) is 59.2 Å². The highest BCUT2D eigenvalue weighted by Crippen LogP contribution is 2.24. The molecule has 2 heterocycles. The SMILES string of the molecule is Cn1nccc1[C@@H](NC(=O)[C@@H]1CC(c2ccc(Cl)cc2)=NO1)c1ccccc1. The van der Waals surface area contributed by atoms with Gasteiger partial charge < -0.3 is 10.2 Å². The monoisotopic (exact) mass is 394 g/mol. The molecule has 2 atom stereocenters. The van der Waals surface area contributed by atoms with Crippen molar-refractivity contribution in [2.75, 3.05) is 0 Å². The number of aryl methyl sites for hydroxylation is 1. The first kappa shape index (κ1) is 18.3. The van der Waals surface area contributed by atoms with Crippen molar-refractivity contribution in [3.8, 4) is 0 Å². The van der Waals surface area contributed by atoms with Gasteiger partial charge in [0.2, 0.25) is 6.10 Å². The van der Waals surface area contributed by atoms with Crippen LogP contribution in [-0.4, -0.2) is 27.5 Å². The Balaban J connectivity index is 1.50. The Hall–Kier alpha value is -3.12. The summed E-state index contributed by atoms with van der Waals surface area (Å²) in [5.74, 6) is -0.220. The van der Waals surface area contributed by atoms with Crippen LogP contribution in [0.1, 0.15) is 29.3 Å². The van der Waals surface area contributed by atoms with E-state index < -0.39 is 6.10 Å². The van der Waals surface area contributed by atoms with Gasteiger partial charge in [-0.2, -0.15) is 5.10 Å². The number of carbonyl (C=O) groups is 1. The first-order valence-electron chi connectivity index (χ1n) is 8.93. The highest BCUT2D eigenvalue weighted by atomic mass is 35.5. The molecule has 3 aromatic rings. The smallest absolute Gasteiger partial charge is 0.265 e. The quantitative estimate of drug-likeness (QED) is 0.720. The van der Waals surface area contributed by atoms with E-state index in [0.29, 0.717) is 11.4 Å². The second-order valence-corrected chi connectivity index (χ2v) is 7.01. The van der Waals surface area contributed by atoms with Crippen molar-refractivity contribution in [2.24, 2.45) is 12.2 Å². The van der Waals surface area contributed by atoms with Crippen LogP contribution >= 0.6 is 11.6 Å². The van der Waals surface area contributed by atoms with Crippen LogP contribution in [0.15, 0.2) is 72.0 Å². The summed E-state index contributed by atoms with van der Waals surface area (Å²) >= 11 is 5.93. The fourth-order valence-corrected chi connectivity index (χ4v) is 3.33. The standard InChI is InChI=1S/C21H19ClN4O2/c1-26-18(11-12-23-26)20(15-5-3-2-4-6-15)24-21(27)19-13-17(25-28-19)14-7-9-16(22)10-8-14/h2-12,19-20H,13H2,1H3,(H,24,27)/t19-,20-/m0/s1. The number of hydrogen-bond acceptors (Lipinski definition) is 4. The molecular formula is C21H19ClN4O2. The third-order valence-electron chi connectivity index (χ3n) is 4.71. The molecule has 1 aromatic heterocycles. The summed E-state index contributed by atoms with van der Waals surface area (Å²) < 4.78 is 1.75. The predicted molar refractivity (Wildman–Crippen MR) is 107 cm³/mol. The lowest BCUT2D eigenvalue weighted by Gasteiger charge is -2.21. The van der Waals surface area contributed by atoms with Gasteiger partial charge in [0.05, 0.1) is 17.4 Å². The van der Waals surface area contributed by atoms with Gasteiger partial charge in [-0.15, -0.1) is 0 Å². The Morgan fingerprint density at radius 3 is 2.61 bits per heavy atom. The van der Waals surface area contributed by atoms with E-state index in [1.54, 1.807) is 23.0 Å². The molecule has 0 bridgehead atoms. The number of oxime groups is 1. The summed E-state index contributed by atoms with van der Waals surface area (Å²) in [4.78, 5) is 18.3. The van der Waals surface area contributed by atoms with E-state index in [9.17, 15) is 4.79 Å². The molecule has 0 saturated heterocycles. The Morgan fingerprint density at radius 1 is 1.18 bits per heavy atom. The molecule has 4 rings (SSSR count). The molecule has 0 unspecified atom stereocenters. The Kier molecular flexibility index (Phi) is 5.12. The molecule has 1 aliphatic rings. The molecule has 28 heavy (non-hydrogen) atoms. The molecule has 0 aliphatic carbocycles. The van der Waals surface area contributed by atoms with Crippen LogP contribution in [0.5, 0.6) is 0 Å². The lowest BCUT2D eigenvalue weighted by atomic mass is 10.0. The number of carbonyl (C=O) groups excluding carboxylic acids is 1. The molecule has 0 spiro atoms. The maximum absolute atomic E-state index is 12.9. The van der Waals surface area contributed by atoms with Crippen molar-refractivity contribution in [1.29, 1.82) is 0 Å². The molecule has 0 radical (unpaired) electrons. The Morgan fingerprint density at radius 2 is 1.93 bits per heavy atom. The van der Waals surface area contributed by atoms with Crippen LogP contribution in [0.3, 0.4) is 0 Å². The summed E-state index contributed by atoms with van der Waals surface area (Å²) in [6.07, 6.45) is 1.44. The van der Waals surface area contributed by atoms with E-state index >= 15 is 0 Å². The molecule has 2 aromatic carbocycles. The lowest BCUT2D eigenvalue weighted by Crippen LogP contribution is -2.38. The number of benzene rings is 2. The average Bonchev–Trinajstić information content (AvgIpc) is 3.37. The molecule has 1 N–H and O–H groups in total. The molecule has 0 saturated carbocycles. The van der Waals surface area contributed by atoms with Crippen LogP contribution in [0, 0.1) is 0 Å². The molecular weight excluding hydrogens is 376 g/mol. The van der Waals surface area contributed by atoms with Gasteiger partial charge in [0.25, 0.3) is 5.91 Å². The molecule has 142 valence electrons. The summed E-state index contributed by atoms with van der Waals surface area (Å²) in [6, 6.07) is 18.7. The fourth-order valence-electron chi connectivity index (χ4n) is 3.21. The van der Waals surface area contributed by atoms with E-state index in [0.717, 1.165) is 22.5 Å². The number of rotatable bonds is 5. The second kappa shape index (κ2) is 7.86. The summed E-state index contributed by atoms with van der Waals surface area (Å²) in [5, 5.41) is 12.1. The van der Waals surface area contributed by atoms with E-state index in [4.69, 9.17) is 16.4 Å². The zero-order chi connectivity index (χ0) is 19.5. The maximum Gasteiger partial charge on any atom is 0.265 e. The number of hydrogen-bond donors (Lipinski definition) is 1. The van der Waals surface area contributed by atoms with Crippen LogP contribution < -0.4 is 5.32 Å². The van der Waals surface area contributed by atoms with Crippen LogP contribution in [0.4, 0.5) is 0 Å². The van der Waals surface area contributed by atoms with Gasteiger partial charge in [0.1, 0.15) is 0 Å². The minimum absolute atomic E-state index is 0.220. The summed E-state index contributed by atoms with van der Waals surface area (Å²) in [6.45, 7) is 0. The van der Waals surface area contributed by atoms with Crippen molar-refractivity contribution >= 4 is 23.2 Å². The van der Waals surface area contributed by atoms with Crippen molar-refractivity contribution in [3.05, 3.63) is 88.7 Å². The zero-order valence-electron chi connectivity index (χ0n) is 15.2. The van der Waals surface area contributed by atoms with E-state index in [-0.39, 0.29) is 11.9 Å². The van der Waals surface area contributed by atoms with Gasteiger partial charge in [-0.3, -0.25) is 9.48 Å². The normalized spacial score (nSPS) is 16.9. The second-order valence-electron chi connectivity index (χ2n) is 6.58. The molecule has 7 heteroatoms. The third kappa shape index (κ3) is 3.77. The van der Waals surface area contributed by atoms with Gasteiger partial charge in [-0.25, -0.2) is 0 Å². The van der Waals surface area contributed by atoms with Gasteiger partial charge in [-0.05, 0) is 29.3 Å². The number of amides is 1. The molecule has 1 amide bonds. The fraction of sp³-hybridized carbons (Fsp3) is 0.190. The summed E-state index contributed by atoms with van der Waals surface area (Å²) in [5.41, 5.74) is 3.48.